The Kier molecular flexibility index (Phi) is 3.94. The average molecular weight is 211 g/mol. The zero-order valence-electron chi connectivity index (χ0n) is 7.17. The molecule has 1 fully saturated rings. The lowest BCUT2D eigenvalue weighted by molar-refractivity contribution is -0.0882. The molecule has 0 aliphatic heterocycles. The molecule has 4 N–H and O–H groups in total. The van der Waals surface area contributed by atoms with Gasteiger partial charge in [-0.1, -0.05) is 0 Å². The van der Waals surface area contributed by atoms with Crippen molar-refractivity contribution in [3.05, 3.63) is 0 Å². The molecule has 0 saturated heterocycles. The Morgan fingerprint density at radius 3 is 2.15 bits per heavy atom. The van der Waals surface area contributed by atoms with Gasteiger partial charge in [0.05, 0.1) is 17.6 Å². The molecule has 5 atom stereocenters. The van der Waals surface area contributed by atoms with Gasteiger partial charge in [-0.15, -0.1) is 11.6 Å². The van der Waals surface area contributed by atoms with E-state index in [1.807, 2.05) is 0 Å². The Balaban J connectivity index is 2.69. The molecule has 0 bridgehead atoms. The molecule has 0 heterocycles. The second-order valence-electron chi connectivity index (χ2n) is 3.52. The highest BCUT2D eigenvalue weighted by atomic mass is 35.5. The van der Waals surface area contributed by atoms with Crippen molar-refractivity contribution in [3.8, 4) is 0 Å². The molecule has 0 aromatic heterocycles. The number of rotatable bonds is 2. The van der Waals surface area contributed by atoms with Crippen molar-refractivity contribution >= 4 is 11.6 Å². The monoisotopic (exact) mass is 210 g/mol. The van der Waals surface area contributed by atoms with Gasteiger partial charge in [0.25, 0.3) is 0 Å². The first-order chi connectivity index (χ1) is 6.11. The maximum Gasteiger partial charge on any atom is 0.0965 e. The van der Waals surface area contributed by atoms with E-state index in [1.54, 1.807) is 0 Å². The second-order valence-corrected chi connectivity index (χ2v) is 4.08. The Labute approximate surface area is 81.8 Å². The number of hydrogen-bond donors (Lipinski definition) is 4. The van der Waals surface area contributed by atoms with Crippen LogP contribution in [0.2, 0.25) is 0 Å². The lowest BCUT2D eigenvalue weighted by Crippen LogP contribution is -2.50. The van der Waals surface area contributed by atoms with Crippen molar-refractivity contribution < 1.29 is 20.4 Å². The molecular weight excluding hydrogens is 196 g/mol. The largest absolute Gasteiger partial charge is 0.396 e. The lowest BCUT2D eigenvalue weighted by atomic mass is 9.76. The molecule has 0 aromatic rings. The molecule has 5 heteroatoms. The van der Waals surface area contributed by atoms with E-state index in [-0.39, 0.29) is 19.1 Å². The minimum Gasteiger partial charge on any atom is -0.396 e. The van der Waals surface area contributed by atoms with Crippen LogP contribution in [0.1, 0.15) is 6.42 Å². The van der Waals surface area contributed by atoms with Gasteiger partial charge in [0.15, 0.2) is 0 Å². The van der Waals surface area contributed by atoms with E-state index in [2.05, 4.69) is 0 Å². The third kappa shape index (κ3) is 2.14. The van der Waals surface area contributed by atoms with Crippen LogP contribution in [0.4, 0.5) is 0 Å². The highest BCUT2D eigenvalue weighted by Gasteiger charge is 2.41. The molecule has 13 heavy (non-hydrogen) atoms. The summed E-state index contributed by atoms with van der Waals surface area (Å²) in [5.41, 5.74) is 0. The van der Waals surface area contributed by atoms with Crippen molar-refractivity contribution in [1.82, 2.24) is 0 Å². The smallest absolute Gasteiger partial charge is 0.0965 e. The maximum absolute atomic E-state index is 9.50. The van der Waals surface area contributed by atoms with Crippen LogP contribution in [0, 0.1) is 11.8 Å². The van der Waals surface area contributed by atoms with Gasteiger partial charge >= 0.3 is 0 Å². The van der Waals surface area contributed by atoms with E-state index in [4.69, 9.17) is 21.8 Å². The standard InChI is InChI=1S/C8H15ClO4/c9-6-1-4(2-10)5(3-11)7(12)8(6)13/h4-8,10-13H,1-3H2/t4-,5+,6+,7-,8-/m1/s1. The molecule has 4 nitrogen and oxygen atoms in total. The lowest BCUT2D eigenvalue weighted by Gasteiger charge is -2.39. The van der Waals surface area contributed by atoms with Gasteiger partial charge in [0.2, 0.25) is 0 Å². The quantitative estimate of drug-likeness (QED) is 0.438. The van der Waals surface area contributed by atoms with E-state index < -0.39 is 23.5 Å². The van der Waals surface area contributed by atoms with E-state index in [1.165, 1.54) is 0 Å². The molecule has 0 unspecified atom stereocenters. The fourth-order valence-electron chi connectivity index (χ4n) is 1.82. The highest BCUT2D eigenvalue weighted by Crippen LogP contribution is 2.33. The van der Waals surface area contributed by atoms with Crippen LogP contribution < -0.4 is 0 Å². The molecule has 78 valence electrons. The number of halogens is 1. The van der Waals surface area contributed by atoms with Crippen molar-refractivity contribution in [2.45, 2.75) is 24.0 Å². The normalized spacial score (nSPS) is 46.4. The van der Waals surface area contributed by atoms with E-state index in [9.17, 15) is 10.2 Å². The topological polar surface area (TPSA) is 80.9 Å². The van der Waals surface area contributed by atoms with E-state index in [0.717, 1.165) is 0 Å². The van der Waals surface area contributed by atoms with Gasteiger partial charge in [0.1, 0.15) is 0 Å². The zero-order valence-corrected chi connectivity index (χ0v) is 7.93. The molecule has 1 saturated carbocycles. The van der Waals surface area contributed by atoms with Crippen LogP contribution in [0.3, 0.4) is 0 Å². The SMILES string of the molecule is OC[C@H]1C[C@H](Cl)[C@@H](O)[C@H](O)[C@H]1CO. The molecule has 0 aromatic carbocycles. The van der Waals surface area contributed by atoms with Crippen LogP contribution in [-0.2, 0) is 0 Å². The number of hydrogen-bond acceptors (Lipinski definition) is 4. The molecule has 1 aliphatic rings. The Hall–Kier alpha value is 0.130. The summed E-state index contributed by atoms with van der Waals surface area (Å²) in [6.07, 6.45) is -1.64. The Morgan fingerprint density at radius 2 is 1.69 bits per heavy atom. The molecular formula is C8H15ClO4. The third-order valence-corrected chi connectivity index (χ3v) is 3.17. The van der Waals surface area contributed by atoms with Gasteiger partial charge < -0.3 is 20.4 Å². The summed E-state index contributed by atoms with van der Waals surface area (Å²) in [6.45, 7) is -0.370. The summed E-state index contributed by atoms with van der Waals surface area (Å²) in [5.74, 6) is -0.708. The van der Waals surface area contributed by atoms with Crippen LogP contribution in [0.25, 0.3) is 0 Å². The summed E-state index contributed by atoms with van der Waals surface area (Å²) >= 11 is 5.76. The summed E-state index contributed by atoms with van der Waals surface area (Å²) in [6, 6.07) is 0. The van der Waals surface area contributed by atoms with Gasteiger partial charge in [-0.3, -0.25) is 0 Å². The van der Waals surface area contributed by atoms with Gasteiger partial charge in [0, 0.05) is 19.1 Å². The Bertz CT molecular complexity index is 164. The number of alkyl halides is 1. The molecule has 0 spiro atoms. The molecule has 0 radical (unpaired) electrons. The van der Waals surface area contributed by atoms with E-state index >= 15 is 0 Å². The predicted molar refractivity (Wildman–Crippen MR) is 47.4 cm³/mol. The van der Waals surface area contributed by atoms with Crippen LogP contribution in [0.15, 0.2) is 0 Å². The first-order valence-corrected chi connectivity index (χ1v) is 4.77. The number of aliphatic hydroxyl groups is 4. The fraction of sp³-hybridized carbons (Fsp3) is 1.00. The Morgan fingerprint density at radius 1 is 1.08 bits per heavy atom. The van der Waals surface area contributed by atoms with Crippen LogP contribution in [-0.4, -0.2) is 51.2 Å². The zero-order chi connectivity index (χ0) is 10.0. The predicted octanol–water partition coefficient (Wildman–Crippen LogP) is -1.06. The maximum atomic E-state index is 9.50. The van der Waals surface area contributed by atoms with Gasteiger partial charge in [-0.05, 0) is 12.3 Å². The van der Waals surface area contributed by atoms with E-state index in [0.29, 0.717) is 6.42 Å². The summed E-state index contributed by atoms with van der Waals surface area (Å²) in [7, 11) is 0. The van der Waals surface area contributed by atoms with Gasteiger partial charge in [-0.25, -0.2) is 0 Å². The summed E-state index contributed by atoms with van der Waals surface area (Å²) in [4.78, 5) is 0. The fourth-order valence-corrected chi connectivity index (χ4v) is 2.19. The van der Waals surface area contributed by atoms with Crippen molar-refractivity contribution in [3.63, 3.8) is 0 Å². The van der Waals surface area contributed by atoms with Crippen molar-refractivity contribution in [2.24, 2.45) is 11.8 Å². The average Bonchev–Trinajstić information content (AvgIpc) is 2.13. The first-order valence-electron chi connectivity index (χ1n) is 4.33. The van der Waals surface area contributed by atoms with Crippen molar-refractivity contribution in [1.29, 1.82) is 0 Å². The molecule has 1 aliphatic carbocycles. The third-order valence-electron chi connectivity index (χ3n) is 2.74. The van der Waals surface area contributed by atoms with Crippen LogP contribution in [0.5, 0.6) is 0 Å². The minimum atomic E-state index is -1.04. The minimum absolute atomic E-state index is 0.127. The van der Waals surface area contributed by atoms with Crippen molar-refractivity contribution in [2.75, 3.05) is 13.2 Å². The van der Waals surface area contributed by atoms with Gasteiger partial charge in [-0.2, -0.15) is 0 Å². The number of aliphatic hydroxyl groups excluding tert-OH is 4. The summed E-state index contributed by atoms with van der Waals surface area (Å²) < 4.78 is 0. The summed E-state index contributed by atoms with van der Waals surface area (Å²) in [5, 5.41) is 36.2. The second kappa shape index (κ2) is 4.57. The molecule has 1 rings (SSSR count). The molecule has 0 amide bonds. The first kappa shape index (κ1) is 11.2. The highest BCUT2D eigenvalue weighted by molar-refractivity contribution is 6.21. The van der Waals surface area contributed by atoms with Crippen LogP contribution >= 0.6 is 11.6 Å².